The normalized spacial score (nSPS) is 9.54. The molecule has 0 fully saturated rings. The molecular weight excluding hydrogens is 164 g/mol. The van der Waals surface area contributed by atoms with Crippen molar-refractivity contribution >= 4 is 0 Å². The molecule has 0 aliphatic carbocycles. The minimum Gasteiger partial charge on any atom is -0.439 e. The highest BCUT2D eigenvalue weighted by atomic mass is 16.5. The highest BCUT2D eigenvalue weighted by molar-refractivity contribution is 5.25. The summed E-state index contributed by atoms with van der Waals surface area (Å²) < 4.78 is 5.43. The maximum absolute atomic E-state index is 5.43. The number of hydrogen-bond acceptors (Lipinski definition) is 3. The summed E-state index contributed by atoms with van der Waals surface area (Å²) in [7, 11) is 0. The molecule has 3 heteroatoms. The van der Waals surface area contributed by atoms with Crippen molar-refractivity contribution in [3.05, 3.63) is 48.9 Å². The van der Waals surface area contributed by atoms with Gasteiger partial charge in [-0.15, -0.1) is 0 Å². The van der Waals surface area contributed by atoms with Gasteiger partial charge in [0, 0.05) is 12.3 Å². The predicted molar refractivity (Wildman–Crippen MR) is 48.5 cm³/mol. The average molecular weight is 172 g/mol. The summed E-state index contributed by atoms with van der Waals surface area (Å²) in [5.74, 6) is 1.34. The molecule has 0 spiro atoms. The van der Waals surface area contributed by atoms with Crippen molar-refractivity contribution in [2.75, 3.05) is 0 Å². The standard InChI is InChI=1S/C10H8N2O/c1-2-4-9(5-3-1)13-10-6-7-11-8-12-10/h1-8H. The number of benzene rings is 1. The summed E-state index contributed by atoms with van der Waals surface area (Å²) in [4.78, 5) is 7.74. The van der Waals surface area contributed by atoms with Gasteiger partial charge < -0.3 is 4.74 Å². The van der Waals surface area contributed by atoms with Gasteiger partial charge in [-0.25, -0.2) is 9.97 Å². The van der Waals surface area contributed by atoms with E-state index >= 15 is 0 Å². The average Bonchev–Trinajstić information content (AvgIpc) is 2.21. The van der Waals surface area contributed by atoms with Crippen molar-refractivity contribution in [3.63, 3.8) is 0 Å². The van der Waals surface area contributed by atoms with Crippen LogP contribution < -0.4 is 4.74 Å². The molecule has 0 atom stereocenters. The van der Waals surface area contributed by atoms with Gasteiger partial charge >= 0.3 is 0 Å². The van der Waals surface area contributed by atoms with Gasteiger partial charge in [-0.1, -0.05) is 18.2 Å². The molecule has 0 saturated heterocycles. The van der Waals surface area contributed by atoms with Gasteiger partial charge in [0.15, 0.2) is 0 Å². The van der Waals surface area contributed by atoms with E-state index in [2.05, 4.69) is 9.97 Å². The molecule has 13 heavy (non-hydrogen) atoms. The van der Waals surface area contributed by atoms with Gasteiger partial charge in [-0.2, -0.15) is 0 Å². The maximum atomic E-state index is 5.43. The third kappa shape index (κ3) is 2.02. The number of rotatable bonds is 2. The lowest BCUT2D eigenvalue weighted by atomic mass is 10.3. The zero-order valence-corrected chi connectivity index (χ0v) is 6.92. The molecule has 2 rings (SSSR count). The van der Waals surface area contributed by atoms with E-state index in [4.69, 9.17) is 4.74 Å². The predicted octanol–water partition coefficient (Wildman–Crippen LogP) is 2.27. The quantitative estimate of drug-likeness (QED) is 0.697. The summed E-state index contributed by atoms with van der Waals surface area (Å²) in [5.41, 5.74) is 0. The zero-order valence-electron chi connectivity index (χ0n) is 6.92. The Morgan fingerprint density at radius 2 is 1.85 bits per heavy atom. The summed E-state index contributed by atoms with van der Waals surface area (Å²) in [6.45, 7) is 0. The van der Waals surface area contributed by atoms with Crippen LogP contribution in [0.5, 0.6) is 11.6 Å². The van der Waals surface area contributed by atoms with Crippen LogP contribution in [-0.4, -0.2) is 9.97 Å². The topological polar surface area (TPSA) is 35.0 Å². The van der Waals surface area contributed by atoms with E-state index in [1.807, 2.05) is 30.3 Å². The van der Waals surface area contributed by atoms with Crippen LogP contribution in [0.15, 0.2) is 48.9 Å². The highest BCUT2D eigenvalue weighted by Gasteiger charge is 1.94. The molecule has 0 bridgehead atoms. The lowest BCUT2D eigenvalue weighted by Gasteiger charge is -2.01. The summed E-state index contributed by atoms with van der Waals surface area (Å²) in [6.07, 6.45) is 3.10. The molecule has 2 aromatic rings. The molecule has 0 aliphatic heterocycles. The van der Waals surface area contributed by atoms with Crippen LogP contribution in [0.25, 0.3) is 0 Å². The Bertz CT molecular complexity index is 324. The van der Waals surface area contributed by atoms with Gasteiger partial charge in [0.25, 0.3) is 0 Å². The molecule has 0 amide bonds. The lowest BCUT2D eigenvalue weighted by molar-refractivity contribution is 0.461. The molecule has 1 aromatic carbocycles. The van der Waals surface area contributed by atoms with E-state index in [-0.39, 0.29) is 0 Å². The van der Waals surface area contributed by atoms with Gasteiger partial charge in [0.05, 0.1) is 0 Å². The first-order valence-corrected chi connectivity index (χ1v) is 3.94. The van der Waals surface area contributed by atoms with Crippen molar-refractivity contribution in [2.45, 2.75) is 0 Å². The summed E-state index contributed by atoms with van der Waals surface area (Å²) in [6, 6.07) is 11.2. The largest absolute Gasteiger partial charge is 0.439 e. The molecule has 1 aromatic heterocycles. The fourth-order valence-corrected chi connectivity index (χ4v) is 0.948. The number of ether oxygens (including phenoxy) is 1. The van der Waals surface area contributed by atoms with Crippen LogP contribution in [0.2, 0.25) is 0 Å². The number of hydrogen-bond donors (Lipinski definition) is 0. The maximum Gasteiger partial charge on any atom is 0.222 e. The van der Waals surface area contributed by atoms with E-state index in [0.29, 0.717) is 5.88 Å². The highest BCUT2D eigenvalue weighted by Crippen LogP contribution is 2.16. The summed E-state index contributed by atoms with van der Waals surface area (Å²) >= 11 is 0. The van der Waals surface area contributed by atoms with Crippen LogP contribution in [0.1, 0.15) is 0 Å². The van der Waals surface area contributed by atoms with E-state index in [1.165, 1.54) is 6.33 Å². The lowest BCUT2D eigenvalue weighted by Crippen LogP contribution is -1.86. The molecule has 0 radical (unpaired) electrons. The zero-order chi connectivity index (χ0) is 8.93. The molecule has 0 unspecified atom stereocenters. The van der Waals surface area contributed by atoms with E-state index in [1.54, 1.807) is 12.3 Å². The fraction of sp³-hybridized carbons (Fsp3) is 0. The van der Waals surface area contributed by atoms with Crippen molar-refractivity contribution in [3.8, 4) is 11.6 Å². The smallest absolute Gasteiger partial charge is 0.222 e. The monoisotopic (exact) mass is 172 g/mol. The molecule has 3 nitrogen and oxygen atoms in total. The van der Waals surface area contributed by atoms with Gasteiger partial charge in [0.2, 0.25) is 5.88 Å². The van der Waals surface area contributed by atoms with E-state index in [9.17, 15) is 0 Å². The Morgan fingerprint density at radius 3 is 2.54 bits per heavy atom. The fourth-order valence-electron chi connectivity index (χ4n) is 0.948. The van der Waals surface area contributed by atoms with E-state index < -0.39 is 0 Å². The Morgan fingerprint density at radius 1 is 1.00 bits per heavy atom. The Kier molecular flexibility index (Phi) is 2.18. The minimum absolute atomic E-state index is 0.557. The minimum atomic E-state index is 0.557. The number of nitrogens with zero attached hydrogens (tertiary/aromatic N) is 2. The molecular formula is C10H8N2O. The number of aromatic nitrogens is 2. The van der Waals surface area contributed by atoms with Gasteiger partial charge in [-0.05, 0) is 12.1 Å². The first-order chi connectivity index (χ1) is 6.45. The third-order valence-electron chi connectivity index (χ3n) is 1.52. The molecule has 0 N–H and O–H groups in total. The Balaban J connectivity index is 2.16. The second kappa shape index (κ2) is 3.67. The second-order valence-corrected chi connectivity index (χ2v) is 2.46. The van der Waals surface area contributed by atoms with Crippen molar-refractivity contribution < 1.29 is 4.74 Å². The van der Waals surface area contributed by atoms with Crippen molar-refractivity contribution in [2.24, 2.45) is 0 Å². The van der Waals surface area contributed by atoms with Crippen LogP contribution in [-0.2, 0) is 0 Å². The molecule has 1 heterocycles. The van der Waals surface area contributed by atoms with Gasteiger partial charge in [0.1, 0.15) is 12.1 Å². The molecule has 0 saturated carbocycles. The summed E-state index contributed by atoms with van der Waals surface area (Å²) in [5, 5.41) is 0. The van der Waals surface area contributed by atoms with Gasteiger partial charge in [-0.3, -0.25) is 0 Å². The first kappa shape index (κ1) is 7.73. The van der Waals surface area contributed by atoms with Crippen LogP contribution in [0, 0.1) is 0 Å². The van der Waals surface area contributed by atoms with Crippen molar-refractivity contribution in [1.29, 1.82) is 0 Å². The Labute approximate surface area is 76.0 Å². The van der Waals surface area contributed by atoms with Crippen LogP contribution in [0.4, 0.5) is 0 Å². The van der Waals surface area contributed by atoms with Crippen LogP contribution in [0.3, 0.4) is 0 Å². The third-order valence-corrected chi connectivity index (χ3v) is 1.52. The Hall–Kier alpha value is -1.90. The molecule has 0 aliphatic rings. The van der Waals surface area contributed by atoms with E-state index in [0.717, 1.165) is 5.75 Å². The van der Waals surface area contributed by atoms with Crippen LogP contribution >= 0.6 is 0 Å². The number of para-hydroxylation sites is 1. The van der Waals surface area contributed by atoms with Crippen molar-refractivity contribution in [1.82, 2.24) is 9.97 Å². The second-order valence-electron chi connectivity index (χ2n) is 2.46. The first-order valence-electron chi connectivity index (χ1n) is 3.94. The molecule has 64 valence electrons. The SMILES string of the molecule is c1ccc(Oc2ccncn2)cc1.